The van der Waals surface area contributed by atoms with E-state index in [4.69, 9.17) is 16.3 Å². The van der Waals surface area contributed by atoms with Crippen LogP contribution in [0.5, 0.6) is 5.75 Å². The summed E-state index contributed by atoms with van der Waals surface area (Å²) in [5.41, 5.74) is 1.94. The summed E-state index contributed by atoms with van der Waals surface area (Å²) in [7, 11) is 0. The summed E-state index contributed by atoms with van der Waals surface area (Å²) in [6, 6.07) is 9.83. The topological polar surface area (TPSA) is 156 Å². The second kappa shape index (κ2) is 14.6. The van der Waals surface area contributed by atoms with Gasteiger partial charge < -0.3 is 26.0 Å². The third kappa shape index (κ3) is 9.02. The summed E-state index contributed by atoms with van der Waals surface area (Å²) in [4.78, 5) is 51.8. The number of carbonyl (C=O) groups is 4. The molecule has 228 valence electrons. The third-order valence-electron chi connectivity index (χ3n) is 6.74. The molecule has 0 fully saturated rings. The molecule has 2 aliphatic heterocycles. The molecular formula is C30H36ClN7O5. The molecule has 12 nitrogen and oxygen atoms in total. The van der Waals surface area contributed by atoms with E-state index in [2.05, 4.69) is 31.6 Å². The highest BCUT2D eigenvalue weighted by Gasteiger charge is 2.25. The number of aryl methyl sites for hydroxylation is 1. The number of amides is 4. The maximum absolute atomic E-state index is 13.0. The molecular weight excluding hydrogens is 574 g/mol. The van der Waals surface area contributed by atoms with Gasteiger partial charge in [0.1, 0.15) is 23.5 Å². The highest BCUT2D eigenvalue weighted by atomic mass is 35.5. The zero-order chi connectivity index (χ0) is 30.9. The Balaban J connectivity index is 1.53. The zero-order valence-electron chi connectivity index (χ0n) is 24.4. The number of carbonyl (C=O) groups excluding carboxylic acids is 4. The van der Waals surface area contributed by atoms with Crippen LogP contribution in [0.4, 0.5) is 0 Å². The minimum absolute atomic E-state index is 0.125. The fourth-order valence-corrected chi connectivity index (χ4v) is 4.68. The molecule has 13 heteroatoms. The highest BCUT2D eigenvalue weighted by molar-refractivity contribution is 6.32. The van der Waals surface area contributed by atoms with Crippen LogP contribution < -0.4 is 26.0 Å². The van der Waals surface area contributed by atoms with Crippen molar-refractivity contribution in [2.45, 2.75) is 65.3 Å². The van der Waals surface area contributed by atoms with Crippen LogP contribution in [0.25, 0.3) is 0 Å². The van der Waals surface area contributed by atoms with Crippen molar-refractivity contribution in [2.24, 2.45) is 5.92 Å². The molecule has 6 bridgehead atoms. The fraction of sp³-hybridized carbons (Fsp3) is 0.400. The van der Waals surface area contributed by atoms with Crippen molar-refractivity contribution >= 4 is 35.2 Å². The smallest absolute Gasteiger partial charge is 0.251 e. The van der Waals surface area contributed by atoms with Gasteiger partial charge in [0, 0.05) is 30.6 Å². The predicted octanol–water partition coefficient (Wildman–Crippen LogP) is 2.61. The standard InChI is InChI=1S/C30H36ClN7O5/c1-18(2)12-25-30(42)33-16-23-17-38(37-36-23)10-5-11-43-26-9-8-22(14-24(26)31)28(40)32-15-20-6-4-7-21(13-20)29(41)34-19(3)27(39)35-25/h4,6-9,13-14,17-19,25H,5,10-12,15-16H2,1-3H3,(H,32,40)(H,33,42)(H,34,41)(H,35,39)/t19-,25-/m1/s1. The van der Waals surface area contributed by atoms with Gasteiger partial charge in [-0.25, -0.2) is 0 Å². The largest absolute Gasteiger partial charge is 0.492 e. The van der Waals surface area contributed by atoms with E-state index in [0.29, 0.717) is 59.1 Å². The molecule has 2 aliphatic rings. The number of hydrogen-bond acceptors (Lipinski definition) is 7. The number of benzene rings is 2. The summed E-state index contributed by atoms with van der Waals surface area (Å²) >= 11 is 6.37. The molecule has 0 radical (unpaired) electrons. The van der Waals surface area contributed by atoms with E-state index < -0.39 is 23.9 Å². The predicted molar refractivity (Wildman–Crippen MR) is 159 cm³/mol. The van der Waals surface area contributed by atoms with Crippen LogP contribution in [-0.4, -0.2) is 57.3 Å². The number of nitrogens with zero attached hydrogens (tertiary/aromatic N) is 3. The van der Waals surface area contributed by atoms with Gasteiger partial charge in [-0.05, 0) is 55.2 Å². The van der Waals surface area contributed by atoms with Gasteiger partial charge in [-0.15, -0.1) is 5.10 Å². The van der Waals surface area contributed by atoms with Gasteiger partial charge in [0.15, 0.2) is 0 Å². The number of halogens is 1. The molecule has 4 N–H and O–H groups in total. The van der Waals surface area contributed by atoms with Gasteiger partial charge in [-0.2, -0.15) is 0 Å². The zero-order valence-corrected chi connectivity index (χ0v) is 25.1. The second-order valence-electron chi connectivity index (χ2n) is 10.8. The number of hydrogen-bond donors (Lipinski definition) is 4. The average molecular weight is 610 g/mol. The molecule has 0 unspecified atom stereocenters. The Labute approximate surface area is 254 Å². The van der Waals surface area contributed by atoms with E-state index in [1.807, 2.05) is 13.8 Å². The van der Waals surface area contributed by atoms with E-state index in [-0.39, 0.29) is 30.8 Å². The van der Waals surface area contributed by atoms with Crippen LogP contribution in [-0.2, 0) is 29.2 Å². The van der Waals surface area contributed by atoms with Crippen molar-refractivity contribution < 1.29 is 23.9 Å². The summed E-state index contributed by atoms with van der Waals surface area (Å²) in [5.74, 6) is -1.07. The van der Waals surface area contributed by atoms with Gasteiger partial charge in [0.2, 0.25) is 11.8 Å². The first-order valence-corrected chi connectivity index (χ1v) is 14.5. The lowest BCUT2D eigenvalue weighted by molar-refractivity contribution is -0.130. The maximum atomic E-state index is 13.0. The second-order valence-corrected chi connectivity index (χ2v) is 11.2. The third-order valence-corrected chi connectivity index (χ3v) is 7.03. The average Bonchev–Trinajstić information content (AvgIpc) is 3.44. The summed E-state index contributed by atoms with van der Waals surface area (Å²) < 4.78 is 7.44. The highest BCUT2D eigenvalue weighted by Crippen LogP contribution is 2.25. The van der Waals surface area contributed by atoms with E-state index in [9.17, 15) is 19.2 Å². The Bertz CT molecular complexity index is 1470. The van der Waals surface area contributed by atoms with Crippen molar-refractivity contribution in [2.75, 3.05) is 6.61 Å². The van der Waals surface area contributed by atoms with Crippen molar-refractivity contribution in [3.8, 4) is 5.75 Å². The quantitative estimate of drug-likeness (QED) is 0.325. The molecule has 0 saturated heterocycles. The van der Waals surface area contributed by atoms with Crippen molar-refractivity contribution in [1.29, 1.82) is 0 Å². The lowest BCUT2D eigenvalue weighted by atomic mass is 10.0. The summed E-state index contributed by atoms with van der Waals surface area (Å²) in [5, 5.41) is 19.6. The molecule has 0 aliphatic carbocycles. The summed E-state index contributed by atoms with van der Waals surface area (Å²) in [6.45, 7) is 6.64. The van der Waals surface area contributed by atoms with Gasteiger partial charge in [-0.1, -0.05) is 42.8 Å². The van der Waals surface area contributed by atoms with E-state index >= 15 is 0 Å². The first-order valence-electron chi connectivity index (χ1n) is 14.2. The van der Waals surface area contributed by atoms with Crippen molar-refractivity contribution in [1.82, 2.24) is 36.3 Å². The molecule has 0 saturated carbocycles. The number of fused-ring (bicyclic) bond motifs is 15. The minimum Gasteiger partial charge on any atom is -0.492 e. The van der Waals surface area contributed by atoms with Crippen LogP contribution in [0, 0.1) is 5.92 Å². The maximum Gasteiger partial charge on any atom is 0.251 e. The molecule has 43 heavy (non-hydrogen) atoms. The fourth-order valence-electron chi connectivity index (χ4n) is 4.45. The van der Waals surface area contributed by atoms with Crippen LogP contribution in [0.15, 0.2) is 48.7 Å². The van der Waals surface area contributed by atoms with Crippen LogP contribution in [0.3, 0.4) is 0 Å². The lowest BCUT2D eigenvalue weighted by Gasteiger charge is -2.22. The number of aromatic nitrogens is 3. The van der Waals surface area contributed by atoms with Gasteiger partial charge in [0.25, 0.3) is 11.8 Å². The van der Waals surface area contributed by atoms with E-state index in [1.165, 1.54) is 6.07 Å². The molecule has 2 atom stereocenters. The van der Waals surface area contributed by atoms with Crippen LogP contribution >= 0.6 is 11.6 Å². The monoisotopic (exact) mass is 609 g/mol. The first-order chi connectivity index (χ1) is 20.6. The van der Waals surface area contributed by atoms with Crippen LogP contribution in [0.2, 0.25) is 5.02 Å². The van der Waals surface area contributed by atoms with Gasteiger partial charge in [-0.3, -0.25) is 23.9 Å². The summed E-state index contributed by atoms with van der Waals surface area (Å²) in [6.07, 6.45) is 2.75. The number of ether oxygens (including phenoxy) is 1. The van der Waals surface area contributed by atoms with E-state index in [1.54, 1.807) is 54.2 Å². The van der Waals surface area contributed by atoms with Crippen molar-refractivity contribution in [3.63, 3.8) is 0 Å². The SMILES string of the molecule is CC(C)C[C@H]1NC(=O)[C@@H](C)NC(=O)c2cccc(c2)CNC(=O)c2ccc(c(Cl)c2)OCCCn2cc(nn2)CNC1=O. The van der Waals surface area contributed by atoms with Gasteiger partial charge >= 0.3 is 0 Å². The van der Waals surface area contributed by atoms with E-state index in [0.717, 1.165) is 0 Å². The molecule has 4 amide bonds. The Kier molecular flexibility index (Phi) is 10.7. The molecule has 3 heterocycles. The molecule has 5 rings (SSSR count). The Hall–Kier alpha value is -4.45. The molecule has 2 aromatic carbocycles. The van der Waals surface area contributed by atoms with Crippen LogP contribution in [0.1, 0.15) is 65.6 Å². The van der Waals surface area contributed by atoms with Gasteiger partial charge in [0.05, 0.1) is 24.4 Å². The Morgan fingerprint density at radius 1 is 0.977 bits per heavy atom. The number of rotatable bonds is 2. The minimum atomic E-state index is -0.909. The molecule has 0 spiro atoms. The normalized spacial score (nSPS) is 19.2. The number of nitrogens with one attached hydrogen (secondary N) is 4. The molecule has 1 aromatic heterocycles. The Morgan fingerprint density at radius 3 is 2.53 bits per heavy atom. The Morgan fingerprint density at radius 2 is 1.77 bits per heavy atom. The first kappa shape index (κ1) is 31.5. The molecule has 3 aromatic rings. The van der Waals surface area contributed by atoms with Crippen molar-refractivity contribution in [3.05, 3.63) is 76.1 Å². The lowest BCUT2D eigenvalue weighted by Crippen LogP contribution is -2.53.